The molecule has 13 nitrogen and oxygen atoms in total. The van der Waals surface area contributed by atoms with Gasteiger partial charge in [-0.15, -0.1) is 12.3 Å². The third kappa shape index (κ3) is 11.1. The van der Waals surface area contributed by atoms with Gasteiger partial charge in [0.2, 0.25) is 5.78 Å². The number of piperidine rings is 2. The highest BCUT2D eigenvalue weighted by molar-refractivity contribution is 7.74. The molecular formula is C22H37N4O9P. The lowest BCUT2D eigenvalue weighted by molar-refractivity contribution is -0.145. The van der Waals surface area contributed by atoms with Crippen LogP contribution in [0.2, 0.25) is 0 Å². The zero-order valence-electron chi connectivity index (χ0n) is 21.6. The minimum absolute atomic E-state index is 0.138. The first-order chi connectivity index (χ1) is 17.1. The van der Waals surface area contributed by atoms with Gasteiger partial charge in [0.1, 0.15) is 12.1 Å². The summed E-state index contributed by atoms with van der Waals surface area (Å²) < 4.78 is 34.6. The number of nitrogens with zero attached hydrogens (tertiary/aromatic N) is 2. The molecule has 2 heterocycles. The molecule has 204 valence electrons. The van der Waals surface area contributed by atoms with Gasteiger partial charge in [0.15, 0.2) is 0 Å². The van der Waals surface area contributed by atoms with Crippen molar-refractivity contribution in [2.24, 2.45) is 5.92 Å². The Morgan fingerprint density at radius 2 is 1.42 bits per heavy atom. The number of Topliss-reactive ketones (excluding diaryl/α,β-unsaturated/α-hetero) is 1. The molecule has 0 radical (unpaired) electrons. The van der Waals surface area contributed by atoms with E-state index in [-0.39, 0.29) is 36.0 Å². The smallest absolute Gasteiger partial charge is 0.446 e. The van der Waals surface area contributed by atoms with Crippen LogP contribution in [0.1, 0.15) is 32.6 Å². The molecule has 2 unspecified atom stereocenters. The van der Waals surface area contributed by atoms with Gasteiger partial charge in [-0.25, -0.2) is 4.57 Å². The van der Waals surface area contributed by atoms with Gasteiger partial charge >= 0.3 is 25.0 Å². The summed E-state index contributed by atoms with van der Waals surface area (Å²) in [7, 11) is 2.99. The second kappa shape index (κ2) is 17.9. The van der Waals surface area contributed by atoms with E-state index in [0.29, 0.717) is 0 Å². The number of esters is 2. The maximum Gasteiger partial charge on any atom is 0.446 e. The Kier molecular flexibility index (Phi) is 16.7. The molecule has 14 heteroatoms. The molecule has 2 N–H and O–H groups in total. The maximum absolute atomic E-state index is 11.4. The van der Waals surface area contributed by atoms with Gasteiger partial charge in [-0.3, -0.25) is 14.4 Å². The molecule has 0 aliphatic carbocycles. The summed E-state index contributed by atoms with van der Waals surface area (Å²) in [6.45, 7) is 2.55. The number of methoxy groups -OCH3 is 3. The molecule has 0 saturated carbocycles. The van der Waals surface area contributed by atoms with Crippen LogP contribution in [0.25, 0.3) is 5.53 Å². The van der Waals surface area contributed by atoms with Crippen LogP contribution in [0, 0.1) is 18.3 Å². The topological polar surface area (TPSA) is 175 Å². The lowest BCUT2D eigenvalue weighted by Gasteiger charge is -2.26. The van der Waals surface area contributed by atoms with Crippen molar-refractivity contribution in [1.29, 1.82) is 0 Å². The monoisotopic (exact) mass is 532 g/mol. The molecule has 0 amide bonds. The van der Waals surface area contributed by atoms with Gasteiger partial charge in [-0.05, 0) is 25.7 Å². The number of terminal acetylenes is 1. The lowest BCUT2D eigenvalue weighted by atomic mass is 9.95. The number of hydrogen-bond acceptors (Lipinski definition) is 11. The minimum Gasteiger partial charge on any atom is -0.468 e. The van der Waals surface area contributed by atoms with E-state index in [1.54, 1.807) is 7.11 Å². The normalized spacial score (nSPS) is 23.1. The van der Waals surface area contributed by atoms with Crippen LogP contribution in [-0.4, -0.2) is 94.8 Å². The molecule has 2 fully saturated rings. The lowest BCUT2D eigenvalue weighted by Crippen LogP contribution is -2.46. The van der Waals surface area contributed by atoms with Crippen molar-refractivity contribution in [3.05, 3.63) is 5.53 Å². The highest BCUT2D eigenvalue weighted by atomic mass is 31.2. The third-order valence-corrected chi connectivity index (χ3v) is 7.36. The molecule has 0 bridgehead atoms. The van der Waals surface area contributed by atoms with Crippen LogP contribution in [0.15, 0.2) is 0 Å². The number of hydrogen-bond donors (Lipinski definition) is 2. The fraction of sp³-hybridized carbons (Fsp3) is 0.727. The van der Waals surface area contributed by atoms with Crippen LogP contribution in [-0.2, 0) is 42.2 Å². The van der Waals surface area contributed by atoms with E-state index in [1.807, 2.05) is 0 Å². The van der Waals surface area contributed by atoms with Crippen molar-refractivity contribution >= 4 is 30.8 Å². The fourth-order valence-corrected chi connectivity index (χ4v) is 4.27. The second-order valence-electron chi connectivity index (χ2n) is 7.69. The van der Waals surface area contributed by atoms with Crippen molar-refractivity contribution < 1.29 is 47.0 Å². The molecule has 36 heavy (non-hydrogen) atoms. The summed E-state index contributed by atoms with van der Waals surface area (Å²) in [5.74, 6) is 1.91. The van der Waals surface area contributed by atoms with E-state index < -0.39 is 18.8 Å². The van der Waals surface area contributed by atoms with E-state index in [4.69, 9.17) is 16.7 Å². The third-order valence-electron chi connectivity index (χ3n) is 5.47. The Morgan fingerprint density at radius 3 is 1.67 bits per heavy atom. The van der Waals surface area contributed by atoms with E-state index >= 15 is 0 Å². The van der Waals surface area contributed by atoms with Crippen LogP contribution in [0.4, 0.5) is 0 Å². The quantitative estimate of drug-likeness (QED) is 0.118. The van der Waals surface area contributed by atoms with E-state index in [1.165, 1.54) is 14.2 Å². The SMILES string of the molecule is C#CC1CC[C@@H](C(=O)OC)NC1.COC(=O)[C@@H]1CCC(OC)CN1.COP(=O)(OC)C(=[N+]=[N-])C(C)=O. The number of ketones is 1. The average Bonchev–Trinajstić information content (AvgIpc) is 2.92. The fourth-order valence-electron chi connectivity index (χ4n) is 3.28. The van der Waals surface area contributed by atoms with E-state index in [9.17, 15) is 18.9 Å². The predicted molar refractivity (Wildman–Crippen MR) is 130 cm³/mol. The highest BCUT2D eigenvalue weighted by Gasteiger charge is 2.41. The first-order valence-electron chi connectivity index (χ1n) is 11.1. The number of nitrogens with one attached hydrogen (secondary N) is 2. The Labute approximate surface area is 212 Å². The number of ether oxygens (including phenoxy) is 3. The second-order valence-corrected chi connectivity index (χ2v) is 9.84. The summed E-state index contributed by atoms with van der Waals surface area (Å²) in [4.78, 5) is 35.3. The van der Waals surface area contributed by atoms with E-state index in [0.717, 1.165) is 59.9 Å². The Hall–Kier alpha value is -2.42. The number of carbonyl (C=O) groups excluding carboxylic acids is 3. The van der Waals surface area contributed by atoms with Crippen LogP contribution >= 0.6 is 7.60 Å². The van der Waals surface area contributed by atoms with Crippen molar-refractivity contribution in [3.63, 3.8) is 0 Å². The predicted octanol–water partition coefficient (Wildman–Crippen LogP) is 0.777. The van der Waals surface area contributed by atoms with Crippen LogP contribution < -0.4 is 10.6 Å². The van der Waals surface area contributed by atoms with Crippen LogP contribution in [0.5, 0.6) is 0 Å². The van der Waals surface area contributed by atoms with Gasteiger partial charge < -0.3 is 39.4 Å². The highest BCUT2D eigenvalue weighted by Crippen LogP contribution is 2.47. The standard InChI is InChI=1S/C9H13NO2.C8H15NO3.C5H9N2O4P/c1-3-7-4-5-8(10-6-7)9(11)12-2;1-11-6-3-4-7(9-5-6)8(10)12-2;1-4(8)5(7-6)12(9,10-2)11-3/h1,7-8,10H,4-6H2,2H3;6-7,9H,3-5H2,1-2H3;1-3H3/t7?,8-;6?,7-;/m00./s1. The minimum atomic E-state index is -3.70. The van der Waals surface area contributed by atoms with Crippen molar-refractivity contribution in [2.45, 2.75) is 50.8 Å². The first-order valence-corrected chi connectivity index (χ1v) is 12.7. The number of carbonyl (C=O) groups is 3. The molecule has 0 aromatic carbocycles. The Morgan fingerprint density at radius 1 is 0.917 bits per heavy atom. The van der Waals surface area contributed by atoms with Crippen molar-refractivity contribution in [3.8, 4) is 12.3 Å². The van der Waals surface area contributed by atoms with Crippen LogP contribution in [0.3, 0.4) is 0 Å². The number of rotatable bonds is 7. The van der Waals surface area contributed by atoms with Crippen molar-refractivity contribution in [2.75, 3.05) is 48.6 Å². The summed E-state index contributed by atoms with van der Waals surface area (Å²) >= 11 is 0. The molecular weight excluding hydrogens is 495 g/mol. The molecule has 2 saturated heterocycles. The largest absolute Gasteiger partial charge is 0.468 e. The zero-order chi connectivity index (χ0) is 27.7. The van der Waals surface area contributed by atoms with Gasteiger partial charge in [0.25, 0.3) is 0 Å². The average molecular weight is 533 g/mol. The van der Waals surface area contributed by atoms with Crippen molar-refractivity contribution in [1.82, 2.24) is 10.6 Å². The first kappa shape index (κ1) is 33.6. The molecule has 0 spiro atoms. The Balaban J connectivity index is 0.000000510. The maximum atomic E-state index is 11.4. The molecule has 0 aromatic rings. The summed E-state index contributed by atoms with van der Waals surface area (Å²) in [5, 5.41) is 6.12. The van der Waals surface area contributed by atoms with Gasteiger partial charge in [0.05, 0.1) is 20.3 Å². The van der Waals surface area contributed by atoms with Gasteiger partial charge in [0, 0.05) is 47.3 Å². The van der Waals surface area contributed by atoms with Gasteiger partial charge in [-0.2, -0.15) is 4.79 Å². The summed E-state index contributed by atoms with van der Waals surface area (Å²) in [6.07, 6.45) is 8.89. The Bertz CT molecular complexity index is 846. The molecule has 4 atom stereocenters. The molecule has 0 aromatic heterocycles. The zero-order valence-corrected chi connectivity index (χ0v) is 22.5. The summed E-state index contributed by atoms with van der Waals surface area (Å²) in [5.41, 5.74) is 7.73. The molecule has 2 aliphatic heterocycles. The van der Waals surface area contributed by atoms with E-state index in [2.05, 4.69) is 39.9 Å². The molecule has 2 aliphatic rings. The summed E-state index contributed by atoms with van der Waals surface area (Å²) in [6, 6.07) is -0.291. The molecule has 2 rings (SSSR count). The van der Waals surface area contributed by atoms with Gasteiger partial charge in [-0.1, -0.05) is 0 Å².